The average molecular weight is 584 g/mol. The third-order valence-electron chi connectivity index (χ3n) is 8.11. The number of nitrogens with zero attached hydrogens (tertiary/aromatic N) is 3. The highest BCUT2D eigenvalue weighted by molar-refractivity contribution is 8.00. The standard InChI is InChI=1S/C33H38N6O2S/c34-32(38-35)37-31(40)26-15-13-23(14-16-26)22-39(28-19-17-25(18-20-28)24-7-2-1-3-8-24)33(41)36-27-9-6-12-30(21-27)42-29-10-4-5-11-29/h6,9,12-21,24,29,35H,1-5,7-8,10-11,22H2,(H,36,41)(H2,34,37,40)/p+1. The summed E-state index contributed by atoms with van der Waals surface area (Å²) >= 11 is 1.90. The summed E-state index contributed by atoms with van der Waals surface area (Å²) in [5.41, 5.74) is 14.7. The minimum atomic E-state index is -0.531. The van der Waals surface area contributed by atoms with Gasteiger partial charge in [0.2, 0.25) is 0 Å². The zero-order valence-electron chi connectivity index (χ0n) is 23.9. The molecule has 0 spiro atoms. The van der Waals surface area contributed by atoms with Crippen molar-refractivity contribution >= 4 is 41.0 Å². The lowest BCUT2D eigenvalue weighted by Crippen LogP contribution is -2.34. The zero-order chi connectivity index (χ0) is 29.3. The molecular formula is C33H39N6O2S+. The first-order valence-electron chi connectivity index (χ1n) is 14.8. The molecule has 0 aromatic heterocycles. The van der Waals surface area contributed by atoms with Crippen LogP contribution in [0.4, 0.5) is 16.2 Å². The van der Waals surface area contributed by atoms with E-state index in [-0.39, 0.29) is 12.0 Å². The molecule has 2 saturated carbocycles. The van der Waals surface area contributed by atoms with E-state index >= 15 is 0 Å². The second-order valence-electron chi connectivity index (χ2n) is 11.1. The van der Waals surface area contributed by atoms with Crippen LogP contribution < -0.4 is 21.5 Å². The van der Waals surface area contributed by atoms with Crippen LogP contribution in [0.1, 0.15) is 85.2 Å². The molecule has 3 aromatic rings. The van der Waals surface area contributed by atoms with Gasteiger partial charge in [-0.1, -0.05) is 62.4 Å². The molecule has 218 valence electrons. The van der Waals surface area contributed by atoms with E-state index in [0.29, 0.717) is 23.3 Å². The van der Waals surface area contributed by atoms with Gasteiger partial charge in [-0.15, -0.1) is 17.3 Å². The van der Waals surface area contributed by atoms with Gasteiger partial charge in [0.1, 0.15) is 0 Å². The Morgan fingerprint density at radius 1 is 0.905 bits per heavy atom. The van der Waals surface area contributed by atoms with E-state index in [0.717, 1.165) is 16.9 Å². The van der Waals surface area contributed by atoms with Crippen molar-refractivity contribution in [2.75, 3.05) is 10.2 Å². The molecule has 5 N–H and O–H groups in total. The number of aliphatic imine (C=N–C) groups is 1. The van der Waals surface area contributed by atoms with Crippen LogP contribution in [0.15, 0.2) is 87.8 Å². The highest BCUT2D eigenvalue weighted by Gasteiger charge is 2.21. The van der Waals surface area contributed by atoms with Gasteiger partial charge < -0.3 is 11.1 Å². The third kappa shape index (κ3) is 7.85. The summed E-state index contributed by atoms with van der Waals surface area (Å²) in [5, 5.41) is 7.00. The summed E-state index contributed by atoms with van der Waals surface area (Å²) in [7, 11) is 0. The van der Waals surface area contributed by atoms with Crippen molar-refractivity contribution in [3.63, 3.8) is 0 Å². The summed E-state index contributed by atoms with van der Waals surface area (Å²) in [6.07, 6.45) is 11.4. The number of nitrogens with one attached hydrogen (secondary N) is 1. The molecule has 0 atom stereocenters. The number of urea groups is 1. The SMILES string of the molecule is NC(N=[NH2+])=NC(=O)c1ccc(CN(C(=O)Nc2cccc(SC3CCCC3)c2)c2ccc(C3CCCCC3)cc2)cc1. The van der Waals surface area contributed by atoms with Crippen molar-refractivity contribution in [3.05, 3.63) is 89.5 Å². The molecule has 5 rings (SSSR count). The topological polar surface area (TPSA) is 126 Å². The molecule has 0 radical (unpaired) electrons. The maximum Gasteiger partial charge on any atom is 0.326 e. The van der Waals surface area contributed by atoms with Crippen LogP contribution in [0.25, 0.3) is 0 Å². The molecule has 9 heteroatoms. The summed E-state index contributed by atoms with van der Waals surface area (Å²) < 4.78 is 0. The van der Waals surface area contributed by atoms with Gasteiger partial charge in [0.15, 0.2) is 0 Å². The number of carbonyl (C=O) groups is 2. The van der Waals surface area contributed by atoms with E-state index in [1.807, 2.05) is 48.2 Å². The highest BCUT2D eigenvalue weighted by atomic mass is 32.2. The van der Waals surface area contributed by atoms with Crippen LogP contribution in [0.3, 0.4) is 0 Å². The number of carbonyl (C=O) groups excluding carboxylic acids is 2. The molecule has 0 bridgehead atoms. The fraction of sp³-hybridized carbons (Fsp3) is 0.364. The van der Waals surface area contributed by atoms with Crippen LogP contribution in [-0.4, -0.2) is 23.1 Å². The molecular weight excluding hydrogens is 544 g/mol. The van der Waals surface area contributed by atoms with Gasteiger partial charge in [0, 0.05) is 32.2 Å². The molecule has 3 aromatic carbocycles. The molecule has 0 unspecified atom stereocenters. The van der Waals surface area contributed by atoms with Gasteiger partial charge in [0.25, 0.3) is 11.9 Å². The Morgan fingerprint density at radius 3 is 2.29 bits per heavy atom. The lowest BCUT2D eigenvalue weighted by molar-refractivity contribution is -0.207. The molecule has 0 saturated heterocycles. The number of rotatable bonds is 8. The number of hydrogen-bond donors (Lipinski definition) is 3. The van der Waals surface area contributed by atoms with Crippen molar-refractivity contribution < 1.29 is 15.1 Å². The van der Waals surface area contributed by atoms with E-state index in [1.165, 1.54) is 68.2 Å². The van der Waals surface area contributed by atoms with E-state index < -0.39 is 5.91 Å². The predicted octanol–water partition coefficient (Wildman–Crippen LogP) is 6.67. The van der Waals surface area contributed by atoms with Gasteiger partial charge in [0.05, 0.1) is 6.54 Å². The second-order valence-corrected chi connectivity index (χ2v) is 12.5. The van der Waals surface area contributed by atoms with E-state index in [4.69, 9.17) is 11.3 Å². The predicted molar refractivity (Wildman–Crippen MR) is 169 cm³/mol. The highest BCUT2D eigenvalue weighted by Crippen LogP contribution is 2.36. The average Bonchev–Trinajstić information content (AvgIpc) is 3.54. The molecule has 2 fully saturated rings. The Hall–Kier alpha value is -3.98. The lowest BCUT2D eigenvalue weighted by Gasteiger charge is -2.26. The molecule has 3 amide bonds. The largest absolute Gasteiger partial charge is 0.363 e. The Balaban J connectivity index is 1.35. The fourth-order valence-electron chi connectivity index (χ4n) is 5.81. The number of nitrogens with two attached hydrogens (primary N) is 2. The number of hydrogen-bond acceptors (Lipinski definition) is 3. The molecule has 42 heavy (non-hydrogen) atoms. The van der Waals surface area contributed by atoms with E-state index in [1.54, 1.807) is 17.0 Å². The quantitative estimate of drug-likeness (QED) is 0.155. The van der Waals surface area contributed by atoms with Crippen LogP contribution in [0, 0.1) is 0 Å². The number of benzene rings is 3. The summed E-state index contributed by atoms with van der Waals surface area (Å²) in [6, 6.07) is 23.3. The number of amides is 3. The van der Waals surface area contributed by atoms with Crippen LogP contribution in [-0.2, 0) is 6.54 Å². The third-order valence-corrected chi connectivity index (χ3v) is 9.44. The summed E-state index contributed by atoms with van der Waals surface area (Å²) in [4.78, 5) is 32.7. The maximum atomic E-state index is 13.8. The molecule has 8 nitrogen and oxygen atoms in total. The fourth-order valence-corrected chi connectivity index (χ4v) is 7.12. The van der Waals surface area contributed by atoms with Crippen LogP contribution in [0.5, 0.6) is 0 Å². The maximum absolute atomic E-state index is 13.8. The summed E-state index contributed by atoms with van der Waals surface area (Å²) in [6.45, 7) is 0.323. The van der Waals surface area contributed by atoms with Crippen molar-refractivity contribution in [3.8, 4) is 0 Å². The zero-order valence-corrected chi connectivity index (χ0v) is 24.7. The Bertz CT molecular complexity index is 1410. The molecule has 0 aliphatic heterocycles. The second kappa shape index (κ2) is 14.3. The van der Waals surface area contributed by atoms with Gasteiger partial charge in [-0.2, -0.15) is 4.99 Å². The first-order valence-corrected chi connectivity index (χ1v) is 15.7. The van der Waals surface area contributed by atoms with Gasteiger partial charge in [-0.25, -0.2) is 4.79 Å². The Morgan fingerprint density at radius 2 is 1.60 bits per heavy atom. The van der Waals surface area contributed by atoms with Crippen LogP contribution >= 0.6 is 11.8 Å². The van der Waals surface area contributed by atoms with E-state index in [9.17, 15) is 9.59 Å². The lowest BCUT2D eigenvalue weighted by atomic mass is 9.84. The van der Waals surface area contributed by atoms with E-state index in [2.05, 4.69) is 39.7 Å². The molecule has 2 aliphatic carbocycles. The molecule has 0 heterocycles. The first kappa shape index (κ1) is 29.5. The molecule has 2 aliphatic rings. The number of guanidine groups is 1. The Kier molecular flexibility index (Phi) is 10.0. The number of anilines is 2. The normalized spacial score (nSPS) is 16.2. The Labute approximate surface area is 251 Å². The van der Waals surface area contributed by atoms with Gasteiger partial charge in [-0.3, -0.25) is 9.69 Å². The van der Waals surface area contributed by atoms with Crippen molar-refractivity contribution in [2.45, 2.75) is 80.4 Å². The van der Waals surface area contributed by atoms with Crippen molar-refractivity contribution in [2.24, 2.45) is 15.8 Å². The number of thioether (sulfide) groups is 1. The first-order chi connectivity index (χ1) is 20.5. The minimum Gasteiger partial charge on any atom is -0.363 e. The van der Waals surface area contributed by atoms with Gasteiger partial charge in [-0.05, 0) is 85.2 Å². The monoisotopic (exact) mass is 583 g/mol. The van der Waals surface area contributed by atoms with Crippen LogP contribution in [0.2, 0.25) is 0 Å². The van der Waals surface area contributed by atoms with Crippen molar-refractivity contribution in [1.82, 2.24) is 0 Å². The minimum absolute atomic E-state index is 0.217. The van der Waals surface area contributed by atoms with Gasteiger partial charge >= 0.3 is 6.03 Å². The van der Waals surface area contributed by atoms with Crippen molar-refractivity contribution in [1.29, 1.82) is 0 Å². The smallest absolute Gasteiger partial charge is 0.326 e. The summed E-state index contributed by atoms with van der Waals surface area (Å²) in [5.74, 6) is -0.227.